The van der Waals surface area contributed by atoms with Gasteiger partial charge in [-0.2, -0.15) is 0 Å². The molecular formula is C19H30N2O2. The van der Waals surface area contributed by atoms with Crippen LogP contribution in [0.25, 0.3) is 0 Å². The van der Waals surface area contributed by atoms with E-state index in [4.69, 9.17) is 4.74 Å². The number of carbonyl (C=O) groups excluding carboxylic acids is 1. The molecule has 0 aliphatic carbocycles. The molecule has 0 bridgehead atoms. The average molecular weight is 318 g/mol. The second kappa shape index (κ2) is 9.56. The molecule has 1 fully saturated rings. The van der Waals surface area contributed by atoms with Crippen LogP contribution in [0, 0.1) is 0 Å². The van der Waals surface area contributed by atoms with Crippen LogP contribution in [-0.4, -0.2) is 43.6 Å². The fourth-order valence-corrected chi connectivity index (χ4v) is 3.32. The fraction of sp³-hybridized carbons (Fsp3) is 0.632. The molecule has 1 N–H and O–H groups in total. The van der Waals surface area contributed by atoms with Gasteiger partial charge in [0.05, 0.1) is 13.5 Å². The molecule has 1 amide bonds. The van der Waals surface area contributed by atoms with Gasteiger partial charge in [0.2, 0.25) is 5.91 Å². The Hall–Kier alpha value is -1.55. The van der Waals surface area contributed by atoms with Crippen LogP contribution in [0.15, 0.2) is 24.3 Å². The second-order valence-corrected chi connectivity index (χ2v) is 6.32. The standard InChI is InChI=1S/C19H30N2O2/c1-3-17-7-4-5-13-21(17)14-6-12-20-19(22)15-16-8-10-18(23-2)11-9-16/h8-11,17H,3-7,12-15H2,1-2H3,(H,20,22). The molecule has 0 saturated carbocycles. The van der Waals surface area contributed by atoms with Gasteiger partial charge in [0.25, 0.3) is 0 Å². The van der Waals surface area contributed by atoms with Gasteiger partial charge in [-0.05, 0) is 49.9 Å². The van der Waals surface area contributed by atoms with Gasteiger partial charge in [0.15, 0.2) is 0 Å². The molecule has 0 spiro atoms. The minimum Gasteiger partial charge on any atom is -0.497 e. The van der Waals surface area contributed by atoms with Gasteiger partial charge in [0.1, 0.15) is 5.75 Å². The third-order valence-electron chi connectivity index (χ3n) is 4.69. The second-order valence-electron chi connectivity index (χ2n) is 6.32. The number of methoxy groups -OCH3 is 1. The number of hydrogen-bond donors (Lipinski definition) is 1. The molecule has 1 heterocycles. The molecule has 1 aromatic carbocycles. The molecule has 0 radical (unpaired) electrons. The summed E-state index contributed by atoms with van der Waals surface area (Å²) in [5.74, 6) is 0.919. The molecule has 1 aliphatic heterocycles. The summed E-state index contributed by atoms with van der Waals surface area (Å²) in [4.78, 5) is 14.6. The summed E-state index contributed by atoms with van der Waals surface area (Å²) in [6.45, 7) is 5.36. The molecule has 4 nitrogen and oxygen atoms in total. The highest BCUT2D eigenvalue weighted by Crippen LogP contribution is 2.19. The lowest BCUT2D eigenvalue weighted by Gasteiger charge is -2.35. The molecule has 128 valence electrons. The van der Waals surface area contributed by atoms with Crippen LogP contribution in [0.3, 0.4) is 0 Å². The molecule has 1 aliphatic rings. The maximum atomic E-state index is 12.0. The predicted molar refractivity (Wildman–Crippen MR) is 93.8 cm³/mol. The van der Waals surface area contributed by atoms with Gasteiger partial charge >= 0.3 is 0 Å². The van der Waals surface area contributed by atoms with E-state index >= 15 is 0 Å². The van der Waals surface area contributed by atoms with Crippen LogP contribution in [0.5, 0.6) is 5.75 Å². The summed E-state index contributed by atoms with van der Waals surface area (Å²) in [7, 11) is 1.65. The van der Waals surface area contributed by atoms with Gasteiger partial charge in [-0.1, -0.05) is 25.5 Å². The zero-order valence-corrected chi connectivity index (χ0v) is 14.5. The van der Waals surface area contributed by atoms with E-state index in [2.05, 4.69) is 17.1 Å². The molecule has 2 rings (SSSR count). The van der Waals surface area contributed by atoms with Gasteiger partial charge < -0.3 is 15.0 Å². The van der Waals surface area contributed by atoms with Crippen molar-refractivity contribution >= 4 is 5.91 Å². The molecule has 23 heavy (non-hydrogen) atoms. The summed E-state index contributed by atoms with van der Waals surface area (Å²) >= 11 is 0. The fourth-order valence-electron chi connectivity index (χ4n) is 3.32. The number of rotatable bonds is 8. The summed E-state index contributed by atoms with van der Waals surface area (Å²) in [6.07, 6.45) is 6.73. The number of hydrogen-bond acceptors (Lipinski definition) is 3. The highest BCUT2D eigenvalue weighted by molar-refractivity contribution is 5.78. The van der Waals surface area contributed by atoms with Crippen molar-refractivity contribution in [1.29, 1.82) is 0 Å². The number of nitrogens with zero attached hydrogens (tertiary/aromatic N) is 1. The van der Waals surface area contributed by atoms with E-state index in [0.29, 0.717) is 6.42 Å². The van der Waals surface area contributed by atoms with E-state index in [9.17, 15) is 4.79 Å². The Morgan fingerprint density at radius 1 is 1.30 bits per heavy atom. The van der Waals surface area contributed by atoms with Gasteiger partial charge in [-0.15, -0.1) is 0 Å². The van der Waals surface area contributed by atoms with Crippen molar-refractivity contribution in [2.24, 2.45) is 0 Å². The van der Waals surface area contributed by atoms with Crippen LogP contribution < -0.4 is 10.1 Å². The third kappa shape index (κ3) is 5.87. The van der Waals surface area contributed by atoms with Crippen molar-refractivity contribution in [3.8, 4) is 5.75 Å². The minimum absolute atomic E-state index is 0.0980. The van der Waals surface area contributed by atoms with Gasteiger partial charge in [-0.25, -0.2) is 0 Å². The van der Waals surface area contributed by atoms with E-state index < -0.39 is 0 Å². The Balaban J connectivity index is 1.64. The summed E-state index contributed by atoms with van der Waals surface area (Å²) < 4.78 is 5.12. The monoisotopic (exact) mass is 318 g/mol. The Kier molecular flexibility index (Phi) is 7.40. The minimum atomic E-state index is 0.0980. The van der Waals surface area contributed by atoms with Crippen molar-refractivity contribution in [1.82, 2.24) is 10.2 Å². The largest absolute Gasteiger partial charge is 0.497 e. The average Bonchev–Trinajstić information content (AvgIpc) is 2.59. The van der Waals surface area contributed by atoms with Crippen molar-refractivity contribution in [3.05, 3.63) is 29.8 Å². The molecule has 4 heteroatoms. The van der Waals surface area contributed by atoms with Crippen molar-refractivity contribution in [3.63, 3.8) is 0 Å². The van der Waals surface area contributed by atoms with Crippen LogP contribution in [-0.2, 0) is 11.2 Å². The zero-order chi connectivity index (χ0) is 16.5. The number of nitrogens with one attached hydrogen (secondary N) is 1. The molecule has 1 atom stereocenters. The van der Waals surface area contributed by atoms with E-state index in [1.165, 1.54) is 32.2 Å². The maximum Gasteiger partial charge on any atom is 0.224 e. The lowest BCUT2D eigenvalue weighted by Crippen LogP contribution is -2.40. The number of likely N-dealkylation sites (tertiary alicyclic amines) is 1. The maximum absolute atomic E-state index is 12.0. The first kappa shape index (κ1) is 17.8. The Morgan fingerprint density at radius 3 is 2.78 bits per heavy atom. The zero-order valence-electron chi connectivity index (χ0n) is 14.5. The molecule has 1 unspecified atom stereocenters. The third-order valence-corrected chi connectivity index (χ3v) is 4.69. The SMILES string of the molecule is CCC1CCCCN1CCCNC(=O)Cc1ccc(OC)cc1. The molecule has 1 saturated heterocycles. The molecular weight excluding hydrogens is 288 g/mol. The van der Waals surface area contributed by atoms with E-state index in [1.54, 1.807) is 7.11 Å². The highest BCUT2D eigenvalue weighted by atomic mass is 16.5. The van der Waals surface area contributed by atoms with Gasteiger partial charge in [-0.3, -0.25) is 4.79 Å². The lowest BCUT2D eigenvalue weighted by atomic mass is 10.00. The van der Waals surface area contributed by atoms with Crippen LogP contribution in [0.2, 0.25) is 0 Å². The number of ether oxygens (including phenoxy) is 1. The van der Waals surface area contributed by atoms with E-state index in [1.807, 2.05) is 24.3 Å². The first-order valence-corrected chi connectivity index (χ1v) is 8.86. The summed E-state index contributed by atoms with van der Waals surface area (Å²) in [5.41, 5.74) is 1.02. The Labute approximate surface area is 140 Å². The van der Waals surface area contributed by atoms with Crippen molar-refractivity contribution in [2.75, 3.05) is 26.7 Å². The van der Waals surface area contributed by atoms with Crippen LogP contribution >= 0.6 is 0 Å². The number of piperidine rings is 1. The quantitative estimate of drug-likeness (QED) is 0.749. The first-order chi connectivity index (χ1) is 11.2. The number of amides is 1. The highest BCUT2D eigenvalue weighted by Gasteiger charge is 2.19. The summed E-state index contributed by atoms with van der Waals surface area (Å²) in [5, 5.41) is 3.04. The molecule has 0 aromatic heterocycles. The Bertz CT molecular complexity index is 473. The van der Waals surface area contributed by atoms with Crippen molar-refractivity contribution in [2.45, 2.75) is 51.5 Å². The lowest BCUT2D eigenvalue weighted by molar-refractivity contribution is -0.120. The number of carbonyl (C=O) groups is 1. The van der Waals surface area contributed by atoms with Crippen LogP contribution in [0.4, 0.5) is 0 Å². The van der Waals surface area contributed by atoms with Gasteiger partial charge in [0, 0.05) is 19.1 Å². The van der Waals surface area contributed by atoms with E-state index in [-0.39, 0.29) is 5.91 Å². The normalized spacial score (nSPS) is 18.6. The summed E-state index contributed by atoms with van der Waals surface area (Å²) in [6, 6.07) is 8.42. The van der Waals surface area contributed by atoms with Crippen LogP contribution in [0.1, 0.15) is 44.6 Å². The van der Waals surface area contributed by atoms with E-state index in [0.717, 1.165) is 36.9 Å². The topological polar surface area (TPSA) is 41.6 Å². The Morgan fingerprint density at radius 2 is 2.09 bits per heavy atom. The molecule has 1 aromatic rings. The van der Waals surface area contributed by atoms with Crippen molar-refractivity contribution < 1.29 is 9.53 Å². The number of benzene rings is 1. The smallest absolute Gasteiger partial charge is 0.224 e. The first-order valence-electron chi connectivity index (χ1n) is 8.86. The predicted octanol–water partition coefficient (Wildman–Crippen LogP) is 3.01.